The summed E-state index contributed by atoms with van der Waals surface area (Å²) < 4.78 is 4.99. The minimum atomic E-state index is -0.235. The van der Waals surface area contributed by atoms with E-state index in [4.69, 9.17) is 4.74 Å². The third kappa shape index (κ3) is 9.10. The average Bonchev–Trinajstić information content (AvgIpc) is 2.62. The number of carbonyl (C=O) groups excluding carboxylic acids is 2. The van der Waals surface area contributed by atoms with Crippen molar-refractivity contribution >= 4 is 12.0 Å². The van der Waals surface area contributed by atoms with Crippen LogP contribution in [-0.4, -0.2) is 67.2 Å². The molecule has 146 valence electrons. The zero-order valence-corrected chi connectivity index (χ0v) is 16.4. The highest BCUT2D eigenvalue weighted by Crippen LogP contribution is 2.17. The quantitative estimate of drug-likeness (QED) is 0.579. The van der Waals surface area contributed by atoms with Gasteiger partial charge in [-0.1, -0.05) is 33.1 Å². The van der Waals surface area contributed by atoms with Gasteiger partial charge in [-0.25, -0.2) is 4.79 Å². The van der Waals surface area contributed by atoms with Crippen molar-refractivity contribution < 1.29 is 14.3 Å². The minimum absolute atomic E-state index is 0.0317. The van der Waals surface area contributed by atoms with Gasteiger partial charge in [0.15, 0.2) is 0 Å². The van der Waals surface area contributed by atoms with E-state index in [0.717, 1.165) is 38.9 Å². The predicted octanol–water partition coefficient (Wildman–Crippen LogP) is 3.02. The summed E-state index contributed by atoms with van der Waals surface area (Å²) in [6, 6.07) is 0.255. The molecule has 0 spiro atoms. The van der Waals surface area contributed by atoms with Crippen LogP contribution in [0.3, 0.4) is 0 Å². The number of hydrogen-bond donors (Lipinski definition) is 1. The van der Waals surface area contributed by atoms with E-state index in [1.807, 2.05) is 0 Å². The summed E-state index contributed by atoms with van der Waals surface area (Å²) in [7, 11) is 0. The third-order valence-electron chi connectivity index (χ3n) is 4.91. The number of nitrogens with zero attached hydrogens (tertiary/aromatic N) is 2. The molecule has 0 heterocycles. The Morgan fingerprint density at radius 1 is 1.00 bits per heavy atom. The molecule has 6 heteroatoms. The Morgan fingerprint density at radius 2 is 1.68 bits per heavy atom. The Morgan fingerprint density at radius 3 is 2.28 bits per heavy atom. The van der Waals surface area contributed by atoms with Gasteiger partial charge in [-0.05, 0) is 45.8 Å². The minimum Gasteiger partial charge on any atom is -0.466 e. The molecule has 1 aliphatic carbocycles. The van der Waals surface area contributed by atoms with E-state index in [9.17, 15) is 9.59 Å². The van der Waals surface area contributed by atoms with Crippen molar-refractivity contribution in [2.24, 2.45) is 0 Å². The van der Waals surface area contributed by atoms with Crippen LogP contribution in [0.1, 0.15) is 65.7 Å². The van der Waals surface area contributed by atoms with Gasteiger partial charge in [0.1, 0.15) is 0 Å². The third-order valence-corrected chi connectivity index (χ3v) is 4.91. The number of amides is 2. The first-order valence-corrected chi connectivity index (χ1v) is 10.0. The van der Waals surface area contributed by atoms with E-state index in [2.05, 4.69) is 24.1 Å². The molecule has 0 aromatic heterocycles. The molecule has 25 heavy (non-hydrogen) atoms. The van der Waals surface area contributed by atoms with Gasteiger partial charge in [0.2, 0.25) is 0 Å². The van der Waals surface area contributed by atoms with Crippen LogP contribution in [0.2, 0.25) is 0 Å². The van der Waals surface area contributed by atoms with Crippen LogP contribution < -0.4 is 5.32 Å². The molecule has 0 bridgehead atoms. The molecular formula is C19H37N3O3. The lowest BCUT2D eigenvalue weighted by atomic mass is 9.96. The second-order valence-electron chi connectivity index (χ2n) is 6.71. The van der Waals surface area contributed by atoms with Crippen LogP contribution in [0.25, 0.3) is 0 Å². The van der Waals surface area contributed by atoms with Gasteiger partial charge < -0.3 is 19.9 Å². The van der Waals surface area contributed by atoms with Gasteiger partial charge >= 0.3 is 12.0 Å². The van der Waals surface area contributed by atoms with E-state index in [1.54, 1.807) is 11.8 Å². The molecule has 1 saturated carbocycles. The number of esters is 1. The van der Waals surface area contributed by atoms with Gasteiger partial charge in [0, 0.05) is 19.1 Å². The lowest BCUT2D eigenvalue weighted by Gasteiger charge is -2.29. The molecule has 0 aromatic carbocycles. The molecule has 1 fully saturated rings. The lowest BCUT2D eigenvalue weighted by Crippen LogP contribution is -2.47. The van der Waals surface area contributed by atoms with Gasteiger partial charge in [-0.3, -0.25) is 4.79 Å². The highest BCUT2D eigenvalue weighted by molar-refractivity contribution is 5.76. The molecule has 0 atom stereocenters. The lowest BCUT2D eigenvalue weighted by molar-refractivity contribution is -0.143. The summed E-state index contributed by atoms with van der Waals surface area (Å²) in [5.41, 5.74) is 0. The van der Waals surface area contributed by atoms with Crippen molar-refractivity contribution in [3.05, 3.63) is 0 Å². The Kier molecular flexibility index (Phi) is 11.3. The van der Waals surface area contributed by atoms with Crippen molar-refractivity contribution in [2.45, 2.75) is 71.8 Å². The fourth-order valence-electron chi connectivity index (χ4n) is 3.31. The van der Waals surface area contributed by atoms with Crippen LogP contribution in [0, 0.1) is 0 Å². The van der Waals surface area contributed by atoms with E-state index in [-0.39, 0.29) is 24.5 Å². The molecule has 0 radical (unpaired) electrons. The molecule has 0 aromatic rings. The maximum Gasteiger partial charge on any atom is 0.317 e. The highest BCUT2D eigenvalue weighted by Gasteiger charge is 2.20. The van der Waals surface area contributed by atoms with Gasteiger partial charge in [0.05, 0.1) is 13.0 Å². The Hall–Kier alpha value is -1.30. The number of nitrogens with one attached hydrogen (secondary N) is 1. The molecule has 1 N–H and O–H groups in total. The fourth-order valence-corrected chi connectivity index (χ4v) is 3.31. The van der Waals surface area contributed by atoms with Gasteiger partial charge in [0.25, 0.3) is 0 Å². The Labute approximate surface area is 153 Å². The SMILES string of the molecule is CCOC(=O)CCN(CCCN(CC)CC)C(=O)NC1CCCCC1. The molecular weight excluding hydrogens is 318 g/mol. The first kappa shape index (κ1) is 21.7. The Bertz CT molecular complexity index is 380. The second-order valence-corrected chi connectivity index (χ2v) is 6.71. The van der Waals surface area contributed by atoms with Crippen molar-refractivity contribution in [1.29, 1.82) is 0 Å². The summed E-state index contributed by atoms with van der Waals surface area (Å²) in [5.74, 6) is -0.235. The fraction of sp³-hybridized carbons (Fsp3) is 0.895. The summed E-state index contributed by atoms with van der Waals surface area (Å²) in [4.78, 5) is 28.4. The van der Waals surface area contributed by atoms with Crippen molar-refractivity contribution in [1.82, 2.24) is 15.1 Å². The van der Waals surface area contributed by atoms with E-state index < -0.39 is 0 Å². The zero-order chi connectivity index (χ0) is 18.5. The summed E-state index contributed by atoms with van der Waals surface area (Å²) in [6.45, 7) is 10.6. The van der Waals surface area contributed by atoms with Crippen LogP contribution in [0.4, 0.5) is 4.79 Å². The maximum absolute atomic E-state index is 12.6. The molecule has 0 aliphatic heterocycles. The summed E-state index contributed by atoms with van der Waals surface area (Å²) >= 11 is 0. The topological polar surface area (TPSA) is 61.9 Å². The number of rotatable bonds is 11. The van der Waals surface area contributed by atoms with Crippen molar-refractivity contribution in [3.63, 3.8) is 0 Å². The Balaban J connectivity index is 2.49. The van der Waals surface area contributed by atoms with Crippen molar-refractivity contribution in [3.8, 4) is 0 Å². The highest BCUT2D eigenvalue weighted by atomic mass is 16.5. The number of urea groups is 1. The number of carbonyl (C=O) groups is 2. The van der Waals surface area contributed by atoms with E-state index in [0.29, 0.717) is 19.7 Å². The molecule has 1 rings (SSSR count). The zero-order valence-electron chi connectivity index (χ0n) is 16.4. The first-order chi connectivity index (χ1) is 12.1. The van der Waals surface area contributed by atoms with Crippen molar-refractivity contribution in [2.75, 3.05) is 39.3 Å². The smallest absolute Gasteiger partial charge is 0.317 e. The van der Waals surface area contributed by atoms with E-state index in [1.165, 1.54) is 19.3 Å². The molecule has 1 aliphatic rings. The standard InChI is InChI=1S/C19H37N3O3/c1-4-21(5-2)14-10-15-22(16-13-18(23)25-6-3)19(24)20-17-11-8-7-9-12-17/h17H,4-16H2,1-3H3,(H,20,24). The van der Waals surface area contributed by atoms with Crippen LogP contribution in [-0.2, 0) is 9.53 Å². The second kappa shape index (κ2) is 13.0. The predicted molar refractivity (Wildman–Crippen MR) is 101 cm³/mol. The van der Waals surface area contributed by atoms with Crippen LogP contribution in [0.5, 0.6) is 0 Å². The first-order valence-electron chi connectivity index (χ1n) is 10.0. The maximum atomic E-state index is 12.6. The van der Waals surface area contributed by atoms with Gasteiger partial charge in [-0.15, -0.1) is 0 Å². The summed E-state index contributed by atoms with van der Waals surface area (Å²) in [6.07, 6.45) is 6.96. The molecule has 0 saturated heterocycles. The van der Waals surface area contributed by atoms with Gasteiger partial charge in [-0.2, -0.15) is 0 Å². The van der Waals surface area contributed by atoms with Crippen LogP contribution >= 0.6 is 0 Å². The molecule has 6 nitrogen and oxygen atoms in total. The largest absolute Gasteiger partial charge is 0.466 e. The monoisotopic (exact) mass is 355 g/mol. The number of ether oxygens (including phenoxy) is 1. The summed E-state index contributed by atoms with van der Waals surface area (Å²) in [5, 5.41) is 3.16. The van der Waals surface area contributed by atoms with E-state index >= 15 is 0 Å². The normalized spacial score (nSPS) is 15.2. The molecule has 0 unspecified atom stereocenters. The number of hydrogen-bond acceptors (Lipinski definition) is 4. The average molecular weight is 356 g/mol. The van der Waals surface area contributed by atoms with Crippen LogP contribution in [0.15, 0.2) is 0 Å². The molecule has 2 amide bonds.